The van der Waals surface area contributed by atoms with Crippen molar-refractivity contribution in [2.45, 2.75) is 38.6 Å². The number of nitrogens with one attached hydrogen (secondary N) is 3. The molecule has 2 aromatic rings. The fourth-order valence-electron chi connectivity index (χ4n) is 2.53. The first-order chi connectivity index (χ1) is 13.1. The zero-order valence-electron chi connectivity index (χ0n) is 16.4. The van der Waals surface area contributed by atoms with Crippen molar-refractivity contribution in [2.75, 3.05) is 11.3 Å². The molecule has 8 heteroatoms. The molecule has 28 heavy (non-hydrogen) atoms. The molecule has 3 N–H and O–H groups in total. The quantitative estimate of drug-likeness (QED) is 0.660. The van der Waals surface area contributed by atoms with E-state index in [0.29, 0.717) is 11.3 Å². The number of hydrogen-bond acceptors (Lipinski definition) is 4. The molecule has 0 aliphatic rings. The van der Waals surface area contributed by atoms with Gasteiger partial charge in [-0.2, -0.15) is 0 Å². The van der Waals surface area contributed by atoms with Crippen molar-refractivity contribution in [1.82, 2.24) is 10.6 Å². The highest BCUT2D eigenvalue weighted by atomic mass is 32.2. The molecular formula is C20H25N3O4S. The van der Waals surface area contributed by atoms with Crippen LogP contribution in [-0.2, 0) is 14.8 Å². The second-order valence-electron chi connectivity index (χ2n) is 6.80. The molecule has 0 aliphatic heterocycles. The molecule has 0 saturated carbocycles. The molecule has 0 fully saturated rings. The molecule has 0 radical (unpaired) electrons. The highest BCUT2D eigenvalue weighted by molar-refractivity contribution is 7.92. The molecule has 0 saturated heterocycles. The van der Waals surface area contributed by atoms with E-state index in [4.69, 9.17) is 0 Å². The van der Waals surface area contributed by atoms with E-state index in [1.807, 2.05) is 19.9 Å². The van der Waals surface area contributed by atoms with Crippen LogP contribution in [0.2, 0.25) is 0 Å². The second-order valence-corrected chi connectivity index (χ2v) is 8.48. The number of carbonyl (C=O) groups excluding carboxylic acids is 2. The van der Waals surface area contributed by atoms with E-state index < -0.39 is 15.9 Å². The van der Waals surface area contributed by atoms with Crippen LogP contribution >= 0.6 is 0 Å². The molecule has 0 unspecified atom stereocenters. The van der Waals surface area contributed by atoms with Crippen molar-refractivity contribution in [3.05, 3.63) is 59.2 Å². The summed E-state index contributed by atoms with van der Waals surface area (Å²) in [5, 5.41) is 5.19. The zero-order valence-corrected chi connectivity index (χ0v) is 17.2. The van der Waals surface area contributed by atoms with Gasteiger partial charge >= 0.3 is 0 Å². The van der Waals surface area contributed by atoms with Crippen LogP contribution in [0.15, 0.2) is 47.4 Å². The highest BCUT2D eigenvalue weighted by Crippen LogP contribution is 2.21. The molecule has 7 nitrogen and oxygen atoms in total. The number of aryl methyl sites for hydroxylation is 2. The molecule has 0 atom stereocenters. The first-order valence-corrected chi connectivity index (χ1v) is 10.3. The Balaban J connectivity index is 2.21. The summed E-state index contributed by atoms with van der Waals surface area (Å²) in [6, 6.07) is 11.3. The fourth-order valence-corrected chi connectivity index (χ4v) is 3.69. The summed E-state index contributed by atoms with van der Waals surface area (Å²) in [6.07, 6.45) is 0. The van der Waals surface area contributed by atoms with Gasteiger partial charge in [0.1, 0.15) is 0 Å². The fraction of sp³-hybridized carbons (Fsp3) is 0.300. The Morgan fingerprint density at radius 3 is 2.32 bits per heavy atom. The largest absolute Gasteiger partial charge is 0.352 e. The molecule has 0 aromatic heterocycles. The predicted molar refractivity (Wildman–Crippen MR) is 109 cm³/mol. The molecule has 2 amide bonds. The lowest BCUT2D eigenvalue weighted by atomic mass is 10.1. The van der Waals surface area contributed by atoms with Gasteiger partial charge in [0.2, 0.25) is 5.91 Å². The molecule has 0 bridgehead atoms. The maximum Gasteiger partial charge on any atom is 0.261 e. The molecule has 0 spiro atoms. The zero-order chi connectivity index (χ0) is 20.9. The average molecular weight is 404 g/mol. The van der Waals surface area contributed by atoms with Crippen molar-refractivity contribution >= 4 is 27.5 Å². The SMILES string of the molecule is Cc1ccccc1NS(=O)(=O)c1ccc(C)c(C(=O)NCC(=O)NC(C)C)c1. The topological polar surface area (TPSA) is 104 Å². The van der Waals surface area contributed by atoms with Gasteiger partial charge in [-0.05, 0) is 57.0 Å². The normalized spacial score (nSPS) is 11.2. The minimum Gasteiger partial charge on any atom is -0.352 e. The van der Waals surface area contributed by atoms with Gasteiger partial charge < -0.3 is 10.6 Å². The Bertz CT molecular complexity index is 985. The first-order valence-electron chi connectivity index (χ1n) is 8.87. The summed E-state index contributed by atoms with van der Waals surface area (Å²) in [6.45, 7) is 6.95. The van der Waals surface area contributed by atoms with E-state index in [1.54, 1.807) is 38.1 Å². The van der Waals surface area contributed by atoms with Crippen LogP contribution in [0.1, 0.15) is 35.3 Å². The third-order valence-electron chi connectivity index (χ3n) is 4.01. The summed E-state index contributed by atoms with van der Waals surface area (Å²) in [7, 11) is -3.87. The van der Waals surface area contributed by atoms with Crippen molar-refractivity contribution in [2.24, 2.45) is 0 Å². The predicted octanol–water partition coefficient (Wildman–Crippen LogP) is 2.36. The molecule has 2 aromatic carbocycles. The summed E-state index contributed by atoms with van der Waals surface area (Å²) in [4.78, 5) is 24.1. The summed E-state index contributed by atoms with van der Waals surface area (Å²) >= 11 is 0. The van der Waals surface area contributed by atoms with E-state index in [1.165, 1.54) is 12.1 Å². The molecule has 150 valence electrons. The molecule has 0 aliphatic carbocycles. The molecular weight excluding hydrogens is 378 g/mol. The van der Waals surface area contributed by atoms with Crippen LogP contribution in [0.25, 0.3) is 0 Å². The number of sulfonamides is 1. The van der Waals surface area contributed by atoms with Crippen LogP contribution in [0.3, 0.4) is 0 Å². The standard InChI is InChI=1S/C20H25N3O4S/c1-13(2)22-19(24)12-21-20(25)17-11-16(10-9-14(17)3)28(26,27)23-18-8-6-5-7-15(18)4/h5-11,13,23H,12H2,1-4H3,(H,21,25)(H,22,24). The summed E-state index contributed by atoms with van der Waals surface area (Å²) in [5.41, 5.74) is 2.06. The summed E-state index contributed by atoms with van der Waals surface area (Å²) < 4.78 is 28.0. The Labute approximate surface area is 165 Å². The van der Waals surface area contributed by atoms with Crippen LogP contribution in [0.4, 0.5) is 5.69 Å². The lowest BCUT2D eigenvalue weighted by Gasteiger charge is -2.13. The lowest BCUT2D eigenvalue weighted by molar-refractivity contribution is -0.120. The average Bonchev–Trinajstić information content (AvgIpc) is 2.61. The maximum atomic E-state index is 12.7. The van der Waals surface area contributed by atoms with E-state index >= 15 is 0 Å². The maximum absolute atomic E-state index is 12.7. The van der Waals surface area contributed by atoms with Gasteiger partial charge in [0.15, 0.2) is 0 Å². The number of carbonyl (C=O) groups is 2. The highest BCUT2D eigenvalue weighted by Gasteiger charge is 2.19. The minimum absolute atomic E-state index is 0.0295. The van der Waals surface area contributed by atoms with Crippen molar-refractivity contribution in [3.8, 4) is 0 Å². The van der Waals surface area contributed by atoms with Crippen molar-refractivity contribution < 1.29 is 18.0 Å². The number of anilines is 1. The van der Waals surface area contributed by atoms with Gasteiger partial charge in [-0.3, -0.25) is 14.3 Å². The minimum atomic E-state index is -3.87. The van der Waals surface area contributed by atoms with Crippen LogP contribution < -0.4 is 15.4 Å². The molecule has 2 rings (SSSR count). The Morgan fingerprint density at radius 1 is 1.00 bits per heavy atom. The Kier molecular flexibility index (Phi) is 6.80. The van der Waals surface area contributed by atoms with E-state index in [9.17, 15) is 18.0 Å². The van der Waals surface area contributed by atoms with Gasteiger partial charge in [0.05, 0.1) is 17.1 Å². The van der Waals surface area contributed by atoms with Crippen molar-refractivity contribution in [1.29, 1.82) is 0 Å². The first kappa shape index (κ1) is 21.4. The van der Waals surface area contributed by atoms with Gasteiger partial charge in [0.25, 0.3) is 15.9 Å². The smallest absolute Gasteiger partial charge is 0.261 e. The number of hydrogen-bond donors (Lipinski definition) is 3. The number of amides is 2. The number of rotatable bonds is 7. The number of para-hydroxylation sites is 1. The van der Waals surface area contributed by atoms with Gasteiger partial charge in [0, 0.05) is 11.6 Å². The van der Waals surface area contributed by atoms with Crippen LogP contribution in [-0.4, -0.2) is 32.8 Å². The van der Waals surface area contributed by atoms with E-state index in [-0.39, 0.29) is 29.0 Å². The monoisotopic (exact) mass is 403 g/mol. The van der Waals surface area contributed by atoms with Crippen LogP contribution in [0.5, 0.6) is 0 Å². The van der Waals surface area contributed by atoms with Crippen molar-refractivity contribution in [3.63, 3.8) is 0 Å². The van der Waals surface area contributed by atoms with Gasteiger partial charge in [-0.15, -0.1) is 0 Å². The Morgan fingerprint density at radius 2 is 1.68 bits per heavy atom. The van der Waals surface area contributed by atoms with Gasteiger partial charge in [-0.25, -0.2) is 8.42 Å². The second kappa shape index (κ2) is 8.88. The number of benzene rings is 2. The lowest BCUT2D eigenvalue weighted by Crippen LogP contribution is -2.40. The third kappa shape index (κ3) is 5.56. The summed E-state index contributed by atoms with van der Waals surface area (Å²) in [5.74, 6) is -0.824. The van der Waals surface area contributed by atoms with E-state index in [2.05, 4.69) is 15.4 Å². The Hall–Kier alpha value is -2.87. The van der Waals surface area contributed by atoms with Crippen LogP contribution in [0, 0.1) is 13.8 Å². The third-order valence-corrected chi connectivity index (χ3v) is 5.38. The van der Waals surface area contributed by atoms with Gasteiger partial charge in [-0.1, -0.05) is 24.3 Å². The van der Waals surface area contributed by atoms with E-state index in [0.717, 1.165) is 5.56 Å². The molecule has 0 heterocycles.